The first-order valence-corrected chi connectivity index (χ1v) is 15.2. The van der Waals surface area contributed by atoms with Gasteiger partial charge in [0.15, 0.2) is 0 Å². The van der Waals surface area contributed by atoms with Crippen LogP contribution in [0.4, 0.5) is 5.69 Å². The molecule has 2 heterocycles. The number of benzene rings is 4. The molecule has 10 heteroatoms. The number of aryl methyl sites for hydroxylation is 1. The van der Waals surface area contributed by atoms with E-state index in [4.69, 9.17) is 4.52 Å². The van der Waals surface area contributed by atoms with Gasteiger partial charge >= 0.3 is 5.97 Å². The second-order valence-corrected chi connectivity index (χ2v) is 11.3. The molecule has 2 aromatic heterocycles. The molecule has 6 rings (SSSR count). The van der Waals surface area contributed by atoms with Crippen LogP contribution in [0.15, 0.2) is 126 Å². The van der Waals surface area contributed by atoms with Crippen molar-refractivity contribution in [3.63, 3.8) is 0 Å². The molecule has 10 nitrogen and oxygen atoms in total. The predicted molar refractivity (Wildman–Crippen MR) is 181 cm³/mol. The zero-order chi connectivity index (χ0) is 33.5. The number of rotatable bonds is 11. The minimum Gasteiger partial charge on any atom is -0.480 e. The second kappa shape index (κ2) is 14.3. The zero-order valence-electron chi connectivity index (χ0n) is 26.0. The van der Waals surface area contributed by atoms with Crippen molar-refractivity contribution in [1.82, 2.24) is 20.0 Å². The SMILES string of the molecule is Cc1ccc(-c2ccc(-c3nc(-c4ccc(CN(CC(=O)O)C(=O)c5ccc(NC(=O)Cc6ccncc6)cc5)cc4)no3)cc2)cc1. The van der Waals surface area contributed by atoms with Gasteiger partial charge in [-0.1, -0.05) is 71.4 Å². The largest absolute Gasteiger partial charge is 0.480 e. The Morgan fingerprint density at radius 1 is 0.729 bits per heavy atom. The maximum absolute atomic E-state index is 13.3. The number of amides is 2. The zero-order valence-corrected chi connectivity index (χ0v) is 26.0. The van der Waals surface area contributed by atoms with Crippen molar-refractivity contribution in [2.24, 2.45) is 0 Å². The average Bonchev–Trinajstić information content (AvgIpc) is 3.60. The van der Waals surface area contributed by atoms with Crippen LogP contribution in [0.25, 0.3) is 34.0 Å². The minimum atomic E-state index is -1.13. The first-order chi connectivity index (χ1) is 23.3. The van der Waals surface area contributed by atoms with E-state index in [0.717, 1.165) is 27.8 Å². The summed E-state index contributed by atoms with van der Waals surface area (Å²) in [5, 5.41) is 16.5. The average molecular weight is 638 g/mol. The molecule has 4 aromatic carbocycles. The number of carbonyl (C=O) groups excluding carboxylic acids is 2. The van der Waals surface area contributed by atoms with Gasteiger partial charge in [-0.25, -0.2) is 0 Å². The Balaban J connectivity index is 1.09. The number of anilines is 1. The summed E-state index contributed by atoms with van der Waals surface area (Å²) < 4.78 is 5.54. The summed E-state index contributed by atoms with van der Waals surface area (Å²) in [6, 6.07) is 33.3. The van der Waals surface area contributed by atoms with Gasteiger partial charge in [0.2, 0.25) is 11.7 Å². The smallest absolute Gasteiger partial charge is 0.323 e. The minimum absolute atomic E-state index is 0.0701. The van der Waals surface area contributed by atoms with E-state index in [2.05, 4.69) is 51.6 Å². The Hall–Kier alpha value is -6.42. The molecule has 2 N–H and O–H groups in total. The molecule has 0 saturated heterocycles. The fourth-order valence-electron chi connectivity index (χ4n) is 5.12. The molecule has 0 fully saturated rings. The van der Waals surface area contributed by atoms with E-state index >= 15 is 0 Å². The Bertz CT molecular complexity index is 2020. The van der Waals surface area contributed by atoms with Gasteiger partial charge in [-0.05, 0) is 77.7 Å². The number of aliphatic carboxylic acids is 1. The molecular formula is C38H31N5O5. The molecule has 238 valence electrons. The molecule has 2 amide bonds. The van der Waals surface area contributed by atoms with Crippen LogP contribution in [0.5, 0.6) is 0 Å². The maximum atomic E-state index is 13.3. The van der Waals surface area contributed by atoms with E-state index in [-0.39, 0.29) is 18.9 Å². The number of pyridine rings is 1. The fourth-order valence-corrected chi connectivity index (χ4v) is 5.12. The van der Waals surface area contributed by atoms with Gasteiger partial charge < -0.3 is 19.8 Å². The summed E-state index contributed by atoms with van der Waals surface area (Å²) in [6.45, 7) is 1.64. The molecular weight excluding hydrogens is 606 g/mol. The van der Waals surface area contributed by atoms with E-state index in [1.54, 1.807) is 73.1 Å². The Morgan fingerprint density at radius 3 is 1.98 bits per heavy atom. The molecule has 0 aliphatic rings. The van der Waals surface area contributed by atoms with Crippen molar-refractivity contribution < 1.29 is 24.0 Å². The van der Waals surface area contributed by atoms with Gasteiger partial charge in [-0.3, -0.25) is 19.4 Å². The lowest BCUT2D eigenvalue weighted by Gasteiger charge is -2.21. The Morgan fingerprint density at radius 2 is 1.33 bits per heavy atom. The number of nitrogens with one attached hydrogen (secondary N) is 1. The lowest BCUT2D eigenvalue weighted by molar-refractivity contribution is -0.137. The van der Waals surface area contributed by atoms with Gasteiger partial charge in [0, 0.05) is 41.3 Å². The van der Waals surface area contributed by atoms with Crippen LogP contribution in [-0.2, 0) is 22.6 Å². The third-order valence-electron chi connectivity index (χ3n) is 7.67. The molecule has 0 bridgehead atoms. The standard InChI is InChI=1S/C38H31N5O5/c1-25-2-6-28(7-3-25)29-10-12-31(13-11-29)37-41-36(42-48-37)30-8-4-27(5-9-30)23-43(24-35(45)46)38(47)32-14-16-33(17-15-32)40-34(44)22-26-18-20-39-21-19-26/h2-21H,22-24H2,1H3,(H,40,44)(H,45,46). The topological polar surface area (TPSA) is 139 Å². The van der Waals surface area contributed by atoms with Crippen molar-refractivity contribution in [1.29, 1.82) is 0 Å². The molecule has 0 spiro atoms. The molecule has 0 aliphatic carbocycles. The number of aromatic nitrogens is 3. The third kappa shape index (κ3) is 7.86. The highest BCUT2D eigenvalue weighted by Gasteiger charge is 2.20. The van der Waals surface area contributed by atoms with E-state index in [1.165, 1.54) is 10.5 Å². The van der Waals surface area contributed by atoms with Crippen LogP contribution in [0, 0.1) is 6.92 Å². The monoisotopic (exact) mass is 637 g/mol. The highest BCUT2D eigenvalue weighted by molar-refractivity contribution is 5.97. The number of nitrogens with zero attached hydrogens (tertiary/aromatic N) is 4. The highest BCUT2D eigenvalue weighted by atomic mass is 16.5. The summed E-state index contributed by atoms with van der Waals surface area (Å²) in [4.78, 5) is 47.1. The number of carboxylic acid groups (broad SMARTS) is 1. The van der Waals surface area contributed by atoms with E-state index in [0.29, 0.717) is 28.5 Å². The molecule has 0 unspecified atom stereocenters. The van der Waals surface area contributed by atoms with Gasteiger partial charge in [0.05, 0.1) is 6.42 Å². The lowest BCUT2D eigenvalue weighted by atomic mass is 10.0. The van der Waals surface area contributed by atoms with Gasteiger partial charge in [-0.2, -0.15) is 4.98 Å². The normalized spacial score (nSPS) is 10.8. The van der Waals surface area contributed by atoms with Crippen LogP contribution in [-0.4, -0.2) is 49.5 Å². The van der Waals surface area contributed by atoms with E-state index < -0.39 is 18.4 Å². The van der Waals surface area contributed by atoms with Gasteiger partial charge in [0.25, 0.3) is 11.8 Å². The van der Waals surface area contributed by atoms with Crippen LogP contribution < -0.4 is 5.32 Å². The molecule has 6 aromatic rings. The van der Waals surface area contributed by atoms with Crippen LogP contribution in [0.1, 0.15) is 27.0 Å². The van der Waals surface area contributed by atoms with E-state index in [1.807, 2.05) is 24.3 Å². The highest BCUT2D eigenvalue weighted by Crippen LogP contribution is 2.26. The number of hydrogen-bond donors (Lipinski definition) is 2. The quantitative estimate of drug-likeness (QED) is 0.160. The summed E-state index contributed by atoms with van der Waals surface area (Å²) >= 11 is 0. The van der Waals surface area contributed by atoms with Crippen LogP contribution in [0.3, 0.4) is 0 Å². The number of carbonyl (C=O) groups is 3. The predicted octanol–water partition coefficient (Wildman–Crippen LogP) is 6.68. The molecule has 0 aliphatic heterocycles. The van der Waals surface area contributed by atoms with Crippen molar-refractivity contribution in [3.8, 4) is 34.0 Å². The summed E-state index contributed by atoms with van der Waals surface area (Å²) in [5.41, 5.74) is 7.29. The summed E-state index contributed by atoms with van der Waals surface area (Å²) in [6.07, 6.45) is 3.43. The van der Waals surface area contributed by atoms with E-state index in [9.17, 15) is 19.5 Å². The lowest BCUT2D eigenvalue weighted by Crippen LogP contribution is -2.35. The maximum Gasteiger partial charge on any atom is 0.323 e. The van der Waals surface area contributed by atoms with Crippen molar-refractivity contribution >= 4 is 23.5 Å². The fraction of sp³-hybridized carbons (Fsp3) is 0.105. The third-order valence-corrected chi connectivity index (χ3v) is 7.67. The molecule has 0 saturated carbocycles. The van der Waals surface area contributed by atoms with Gasteiger partial charge in [-0.15, -0.1) is 0 Å². The van der Waals surface area contributed by atoms with Crippen LogP contribution >= 0.6 is 0 Å². The molecule has 0 atom stereocenters. The summed E-state index contributed by atoms with van der Waals surface area (Å²) in [7, 11) is 0. The Labute approximate surface area is 276 Å². The first-order valence-electron chi connectivity index (χ1n) is 15.2. The molecule has 0 radical (unpaired) electrons. The second-order valence-electron chi connectivity index (χ2n) is 11.3. The van der Waals surface area contributed by atoms with Crippen LogP contribution in [0.2, 0.25) is 0 Å². The Kier molecular flexibility index (Phi) is 9.43. The molecule has 48 heavy (non-hydrogen) atoms. The summed E-state index contributed by atoms with van der Waals surface area (Å²) in [5.74, 6) is -0.993. The first kappa shape index (κ1) is 31.6. The number of carboxylic acids is 1. The van der Waals surface area contributed by atoms with Gasteiger partial charge in [0.1, 0.15) is 6.54 Å². The van der Waals surface area contributed by atoms with Crippen molar-refractivity contribution in [3.05, 3.63) is 144 Å². The van der Waals surface area contributed by atoms with Crippen molar-refractivity contribution in [2.45, 2.75) is 19.9 Å². The number of hydrogen-bond acceptors (Lipinski definition) is 7. The van der Waals surface area contributed by atoms with Crippen molar-refractivity contribution in [2.75, 3.05) is 11.9 Å².